The van der Waals surface area contributed by atoms with Gasteiger partial charge in [0.1, 0.15) is 0 Å². The van der Waals surface area contributed by atoms with Crippen molar-refractivity contribution >= 4 is 21.6 Å². The molecule has 7 heteroatoms. The smallest absolute Gasteiger partial charge is 0.301 e. The van der Waals surface area contributed by atoms with Crippen molar-refractivity contribution in [1.29, 1.82) is 0 Å². The van der Waals surface area contributed by atoms with Crippen molar-refractivity contribution in [1.82, 2.24) is 9.62 Å². The van der Waals surface area contributed by atoms with Gasteiger partial charge in [-0.15, -0.1) is 0 Å². The van der Waals surface area contributed by atoms with Crippen LogP contribution in [0.4, 0.5) is 11.4 Å². The van der Waals surface area contributed by atoms with Gasteiger partial charge in [0.2, 0.25) is 0 Å². The number of fused-ring (bicyclic) bond motifs is 1. The highest BCUT2D eigenvalue weighted by molar-refractivity contribution is 7.90. The molecule has 1 heterocycles. The molecule has 6 nitrogen and oxygen atoms in total. The van der Waals surface area contributed by atoms with Gasteiger partial charge in [0.15, 0.2) is 0 Å². The molecule has 1 aliphatic rings. The van der Waals surface area contributed by atoms with Gasteiger partial charge in [-0.05, 0) is 26.2 Å². The summed E-state index contributed by atoms with van der Waals surface area (Å²) >= 11 is 0. The third kappa shape index (κ3) is 3.05. The van der Waals surface area contributed by atoms with Gasteiger partial charge in [0.05, 0.1) is 17.9 Å². The lowest BCUT2D eigenvalue weighted by Crippen LogP contribution is -2.48. The summed E-state index contributed by atoms with van der Waals surface area (Å²) in [6.45, 7) is 2.99. The van der Waals surface area contributed by atoms with Crippen molar-refractivity contribution < 1.29 is 8.42 Å². The fraction of sp³-hybridized carbons (Fsp3) is 0.538. The number of nitrogens with zero attached hydrogens (tertiary/aromatic N) is 3. The fourth-order valence-electron chi connectivity index (χ4n) is 2.31. The Morgan fingerprint density at radius 1 is 1.20 bits per heavy atom. The van der Waals surface area contributed by atoms with E-state index in [0.29, 0.717) is 13.1 Å². The Bertz CT molecular complexity index is 559. The predicted molar refractivity (Wildman–Crippen MR) is 82.5 cm³/mol. The molecule has 1 aromatic rings. The van der Waals surface area contributed by atoms with Gasteiger partial charge in [-0.2, -0.15) is 8.42 Å². The minimum Gasteiger partial charge on any atom is -0.367 e. The molecule has 1 aromatic carbocycles. The lowest BCUT2D eigenvalue weighted by molar-refractivity contribution is 0.413. The Morgan fingerprint density at radius 2 is 1.85 bits per heavy atom. The molecule has 1 aliphatic heterocycles. The van der Waals surface area contributed by atoms with Gasteiger partial charge in [-0.3, -0.25) is 4.31 Å². The van der Waals surface area contributed by atoms with Crippen molar-refractivity contribution in [3.8, 4) is 0 Å². The van der Waals surface area contributed by atoms with Gasteiger partial charge in [0, 0.05) is 26.7 Å². The minimum atomic E-state index is -3.44. The zero-order valence-electron chi connectivity index (χ0n) is 12.2. The fourth-order valence-corrected chi connectivity index (χ4v) is 3.26. The summed E-state index contributed by atoms with van der Waals surface area (Å²) in [5, 5.41) is 0. The van der Waals surface area contributed by atoms with Crippen LogP contribution in [0, 0.1) is 0 Å². The molecule has 0 fully saturated rings. The molecule has 0 amide bonds. The van der Waals surface area contributed by atoms with Crippen LogP contribution in [-0.4, -0.2) is 60.6 Å². The SMILES string of the molecule is CNS(=O)(=O)N1CCN(CCN(C)C)c2ccccc21. The summed E-state index contributed by atoms with van der Waals surface area (Å²) in [5.41, 5.74) is 1.71. The molecule has 1 N–H and O–H groups in total. The molecule has 0 aromatic heterocycles. The first-order chi connectivity index (χ1) is 9.45. The molecule has 0 saturated carbocycles. The maximum absolute atomic E-state index is 12.1. The van der Waals surface area contributed by atoms with E-state index >= 15 is 0 Å². The Balaban J connectivity index is 2.30. The minimum absolute atomic E-state index is 0.466. The van der Waals surface area contributed by atoms with Crippen molar-refractivity contribution in [3.05, 3.63) is 24.3 Å². The largest absolute Gasteiger partial charge is 0.367 e. The summed E-state index contributed by atoms with van der Waals surface area (Å²) in [7, 11) is 2.07. The second kappa shape index (κ2) is 5.99. The van der Waals surface area contributed by atoms with E-state index in [1.807, 2.05) is 38.4 Å². The zero-order valence-corrected chi connectivity index (χ0v) is 13.0. The van der Waals surface area contributed by atoms with E-state index in [0.717, 1.165) is 24.5 Å². The third-order valence-electron chi connectivity index (χ3n) is 3.43. The number of likely N-dealkylation sites (N-methyl/N-ethyl adjacent to an activating group) is 1. The second-order valence-corrected chi connectivity index (χ2v) is 6.86. The van der Waals surface area contributed by atoms with Crippen LogP contribution in [-0.2, 0) is 10.2 Å². The van der Waals surface area contributed by atoms with Crippen LogP contribution in [0.15, 0.2) is 24.3 Å². The van der Waals surface area contributed by atoms with Crippen LogP contribution >= 0.6 is 0 Å². The molecule has 0 spiro atoms. The molecule has 20 heavy (non-hydrogen) atoms. The van der Waals surface area contributed by atoms with Gasteiger partial charge >= 0.3 is 10.2 Å². The normalized spacial score (nSPS) is 15.6. The summed E-state index contributed by atoms with van der Waals surface area (Å²) in [5.74, 6) is 0. The van der Waals surface area contributed by atoms with Crippen molar-refractivity contribution in [3.63, 3.8) is 0 Å². The van der Waals surface area contributed by atoms with Crippen LogP contribution in [0.3, 0.4) is 0 Å². The maximum Gasteiger partial charge on any atom is 0.301 e. The summed E-state index contributed by atoms with van der Waals surface area (Å²) in [4.78, 5) is 4.36. The molecule has 0 radical (unpaired) electrons. The van der Waals surface area contributed by atoms with E-state index in [-0.39, 0.29) is 0 Å². The van der Waals surface area contributed by atoms with Gasteiger partial charge in [0.25, 0.3) is 0 Å². The lowest BCUT2D eigenvalue weighted by atomic mass is 10.2. The predicted octanol–water partition coefficient (Wildman–Crippen LogP) is 0.339. The molecule has 112 valence electrons. The number of nitrogens with one attached hydrogen (secondary N) is 1. The molecule has 0 aliphatic carbocycles. The number of benzene rings is 1. The maximum atomic E-state index is 12.1. The highest BCUT2D eigenvalue weighted by atomic mass is 32.2. The van der Waals surface area contributed by atoms with E-state index in [9.17, 15) is 8.42 Å². The van der Waals surface area contributed by atoms with E-state index in [4.69, 9.17) is 0 Å². The van der Waals surface area contributed by atoms with Crippen LogP contribution in [0.25, 0.3) is 0 Å². The zero-order chi connectivity index (χ0) is 14.8. The van der Waals surface area contributed by atoms with Gasteiger partial charge in [-0.1, -0.05) is 12.1 Å². The summed E-state index contributed by atoms with van der Waals surface area (Å²) in [6.07, 6.45) is 0. The Labute approximate surface area is 121 Å². The number of rotatable bonds is 5. The van der Waals surface area contributed by atoms with Gasteiger partial charge in [-0.25, -0.2) is 4.72 Å². The lowest BCUT2D eigenvalue weighted by Gasteiger charge is -2.38. The average molecular weight is 298 g/mol. The third-order valence-corrected chi connectivity index (χ3v) is 4.90. The van der Waals surface area contributed by atoms with Crippen molar-refractivity contribution in [2.24, 2.45) is 0 Å². The number of para-hydroxylation sites is 2. The average Bonchev–Trinajstić information content (AvgIpc) is 2.44. The molecule has 0 atom stereocenters. The Kier molecular flexibility index (Phi) is 4.52. The van der Waals surface area contributed by atoms with E-state index in [1.165, 1.54) is 11.4 Å². The van der Waals surface area contributed by atoms with Crippen LogP contribution in [0.1, 0.15) is 0 Å². The van der Waals surface area contributed by atoms with Crippen LogP contribution in [0.5, 0.6) is 0 Å². The Hall–Kier alpha value is -1.31. The first-order valence-electron chi connectivity index (χ1n) is 6.65. The molecule has 2 rings (SSSR count). The van der Waals surface area contributed by atoms with E-state index in [2.05, 4.69) is 14.5 Å². The Morgan fingerprint density at radius 3 is 2.45 bits per heavy atom. The van der Waals surface area contributed by atoms with E-state index in [1.54, 1.807) is 0 Å². The number of hydrogen-bond donors (Lipinski definition) is 1. The number of hydrogen-bond acceptors (Lipinski definition) is 4. The first kappa shape index (κ1) is 15.1. The van der Waals surface area contributed by atoms with Gasteiger partial charge < -0.3 is 9.80 Å². The standard InChI is InChI=1S/C13H22N4O2S/c1-14-20(18,19)17-11-10-16(9-8-15(2)3)12-6-4-5-7-13(12)17/h4-7,14H,8-11H2,1-3H3. The first-order valence-corrected chi connectivity index (χ1v) is 8.09. The topological polar surface area (TPSA) is 55.9 Å². The quantitative estimate of drug-likeness (QED) is 0.852. The second-order valence-electron chi connectivity index (χ2n) is 5.06. The number of anilines is 2. The highest BCUT2D eigenvalue weighted by Gasteiger charge is 2.29. The highest BCUT2D eigenvalue weighted by Crippen LogP contribution is 2.33. The molecular formula is C13H22N4O2S. The summed E-state index contributed by atoms with van der Waals surface area (Å²) < 4.78 is 28.0. The molecule has 0 saturated heterocycles. The van der Waals surface area contributed by atoms with Crippen molar-refractivity contribution in [2.45, 2.75) is 0 Å². The van der Waals surface area contributed by atoms with E-state index < -0.39 is 10.2 Å². The van der Waals surface area contributed by atoms with Crippen LogP contribution < -0.4 is 13.9 Å². The molecular weight excluding hydrogens is 276 g/mol. The van der Waals surface area contributed by atoms with Crippen molar-refractivity contribution in [2.75, 3.05) is 56.5 Å². The molecule has 0 unspecified atom stereocenters. The summed E-state index contributed by atoms with van der Waals surface area (Å²) in [6, 6.07) is 7.64. The van der Waals surface area contributed by atoms with Crippen LogP contribution in [0.2, 0.25) is 0 Å². The monoisotopic (exact) mass is 298 g/mol. The molecule has 0 bridgehead atoms.